The summed E-state index contributed by atoms with van der Waals surface area (Å²) in [4.78, 5) is 11.9. The van der Waals surface area contributed by atoms with Gasteiger partial charge < -0.3 is 4.74 Å². The molecule has 0 atom stereocenters. The molecule has 16 heavy (non-hydrogen) atoms. The van der Waals surface area contributed by atoms with E-state index in [-0.39, 0.29) is 5.92 Å². The summed E-state index contributed by atoms with van der Waals surface area (Å²) in [6.07, 6.45) is 4.33. The molecule has 2 heteroatoms. The summed E-state index contributed by atoms with van der Waals surface area (Å²) in [6, 6.07) is 7.54. The van der Waals surface area contributed by atoms with Gasteiger partial charge in [0.1, 0.15) is 5.75 Å². The number of carbonyl (C=O) groups excluding carboxylic acids is 1. The van der Waals surface area contributed by atoms with E-state index >= 15 is 0 Å². The summed E-state index contributed by atoms with van der Waals surface area (Å²) in [5.41, 5.74) is 0.827. The largest absolute Gasteiger partial charge is 0.494 e. The zero-order valence-corrected chi connectivity index (χ0v) is 9.74. The normalized spacial score (nSPS) is 15.6. The standard InChI is InChI=1S/C14H18O2/c1-2-10-16-13-8-6-12(7-9-13)14(15)11-4-3-5-11/h6-9,11H,2-5,10H2,1H3. The maximum absolute atomic E-state index is 11.9. The van der Waals surface area contributed by atoms with Crippen molar-refractivity contribution in [3.8, 4) is 5.75 Å². The number of ether oxygens (including phenoxy) is 1. The molecule has 0 bridgehead atoms. The third-order valence-corrected chi connectivity index (χ3v) is 3.09. The van der Waals surface area contributed by atoms with Crippen LogP contribution < -0.4 is 4.74 Å². The first kappa shape index (κ1) is 11.2. The van der Waals surface area contributed by atoms with Gasteiger partial charge in [-0.2, -0.15) is 0 Å². The lowest BCUT2D eigenvalue weighted by atomic mass is 9.80. The number of carbonyl (C=O) groups is 1. The average molecular weight is 218 g/mol. The molecule has 0 amide bonds. The van der Waals surface area contributed by atoms with E-state index < -0.39 is 0 Å². The van der Waals surface area contributed by atoms with E-state index in [0.717, 1.165) is 37.2 Å². The summed E-state index contributed by atoms with van der Waals surface area (Å²) in [7, 11) is 0. The number of hydrogen-bond donors (Lipinski definition) is 0. The predicted octanol–water partition coefficient (Wildman–Crippen LogP) is 3.46. The topological polar surface area (TPSA) is 26.3 Å². The van der Waals surface area contributed by atoms with Crippen molar-refractivity contribution in [2.75, 3.05) is 6.61 Å². The molecule has 0 radical (unpaired) electrons. The molecule has 1 saturated carbocycles. The molecule has 0 aromatic heterocycles. The highest BCUT2D eigenvalue weighted by Gasteiger charge is 2.25. The Kier molecular flexibility index (Phi) is 3.60. The van der Waals surface area contributed by atoms with Crippen molar-refractivity contribution >= 4 is 5.78 Å². The molecule has 2 nitrogen and oxygen atoms in total. The van der Waals surface area contributed by atoms with Crippen LogP contribution in [0.15, 0.2) is 24.3 Å². The van der Waals surface area contributed by atoms with Gasteiger partial charge in [0.25, 0.3) is 0 Å². The highest BCUT2D eigenvalue weighted by atomic mass is 16.5. The Bertz CT molecular complexity index is 350. The Morgan fingerprint density at radius 1 is 1.31 bits per heavy atom. The Balaban J connectivity index is 1.98. The third kappa shape index (κ3) is 2.43. The van der Waals surface area contributed by atoms with Crippen LogP contribution in [0.25, 0.3) is 0 Å². The number of Topliss-reactive ketones (excluding diaryl/α,β-unsaturated/α-hetero) is 1. The lowest BCUT2D eigenvalue weighted by Gasteiger charge is -2.23. The van der Waals surface area contributed by atoms with Crippen LogP contribution in [0.4, 0.5) is 0 Å². The first-order chi connectivity index (χ1) is 7.81. The molecular weight excluding hydrogens is 200 g/mol. The minimum absolute atomic E-state index is 0.280. The molecule has 0 aliphatic heterocycles. The summed E-state index contributed by atoms with van der Waals surface area (Å²) >= 11 is 0. The number of ketones is 1. The van der Waals surface area contributed by atoms with Crippen LogP contribution in [-0.4, -0.2) is 12.4 Å². The fourth-order valence-corrected chi connectivity index (χ4v) is 1.84. The zero-order valence-electron chi connectivity index (χ0n) is 9.74. The second-order valence-corrected chi connectivity index (χ2v) is 4.36. The molecule has 86 valence electrons. The average Bonchev–Trinajstić information content (AvgIpc) is 2.24. The lowest BCUT2D eigenvalue weighted by Crippen LogP contribution is -2.21. The van der Waals surface area contributed by atoms with Gasteiger partial charge in [0.2, 0.25) is 0 Å². The van der Waals surface area contributed by atoms with Gasteiger partial charge in [-0.3, -0.25) is 4.79 Å². The summed E-state index contributed by atoms with van der Waals surface area (Å²) in [5, 5.41) is 0. The maximum Gasteiger partial charge on any atom is 0.165 e. The summed E-state index contributed by atoms with van der Waals surface area (Å²) in [5.74, 6) is 1.43. The van der Waals surface area contributed by atoms with Crippen LogP contribution in [0.2, 0.25) is 0 Å². The van der Waals surface area contributed by atoms with Crippen LogP contribution in [0.5, 0.6) is 5.75 Å². The van der Waals surface area contributed by atoms with Gasteiger partial charge in [0.15, 0.2) is 5.78 Å². The van der Waals surface area contributed by atoms with Crippen molar-refractivity contribution in [1.82, 2.24) is 0 Å². The monoisotopic (exact) mass is 218 g/mol. The van der Waals surface area contributed by atoms with Crippen molar-refractivity contribution in [3.05, 3.63) is 29.8 Å². The third-order valence-electron chi connectivity index (χ3n) is 3.09. The smallest absolute Gasteiger partial charge is 0.165 e. The second-order valence-electron chi connectivity index (χ2n) is 4.36. The zero-order chi connectivity index (χ0) is 11.4. The molecule has 1 fully saturated rings. The van der Waals surface area contributed by atoms with Gasteiger partial charge in [-0.1, -0.05) is 13.3 Å². The number of benzene rings is 1. The minimum Gasteiger partial charge on any atom is -0.494 e. The number of rotatable bonds is 5. The molecule has 0 heterocycles. The number of hydrogen-bond acceptors (Lipinski definition) is 2. The molecule has 1 aliphatic carbocycles. The van der Waals surface area contributed by atoms with Crippen LogP contribution in [0.1, 0.15) is 43.0 Å². The summed E-state index contributed by atoms with van der Waals surface area (Å²) in [6.45, 7) is 2.81. The Labute approximate surface area is 96.6 Å². The molecule has 0 spiro atoms. The highest BCUT2D eigenvalue weighted by molar-refractivity contribution is 5.98. The van der Waals surface area contributed by atoms with E-state index in [1.807, 2.05) is 24.3 Å². The Morgan fingerprint density at radius 3 is 2.50 bits per heavy atom. The van der Waals surface area contributed by atoms with Gasteiger partial charge in [-0.25, -0.2) is 0 Å². The van der Waals surface area contributed by atoms with E-state index in [4.69, 9.17) is 4.74 Å². The molecule has 0 saturated heterocycles. The van der Waals surface area contributed by atoms with E-state index in [1.54, 1.807) is 0 Å². The first-order valence-corrected chi connectivity index (χ1v) is 6.08. The quantitative estimate of drug-likeness (QED) is 0.707. The van der Waals surface area contributed by atoms with Crippen molar-refractivity contribution in [1.29, 1.82) is 0 Å². The Morgan fingerprint density at radius 2 is 2.00 bits per heavy atom. The van der Waals surface area contributed by atoms with Crippen molar-refractivity contribution in [2.45, 2.75) is 32.6 Å². The molecule has 0 unspecified atom stereocenters. The first-order valence-electron chi connectivity index (χ1n) is 6.08. The predicted molar refractivity (Wildman–Crippen MR) is 63.9 cm³/mol. The van der Waals surface area contributed by atoms with E-state index in [1.165, 1.54) is 6.42 Å². The van der Waals surface area contributed by atoms with E-state index in [0.29, 0.717) is 5.78 Å². The fraction of sp³-hybridized carbons (Fsp3) is 0.500. The molecule has 2 rings (SSSR count). The maximum atomic E-state index is 11.9. The molecule has 1 aromatic carbocycles. The van der Waals surface area contributed by atoms with Gasteiger partial charge in [0, 0.05) is 11.5 Å². The van der Waals surface area contributed by atoms with Gasteiger partial charge in [-0.05, 0) is 43.5 Å². The second kappa shape index (κ2) is 5.15. The summed E-state index contributed by atoms with van der Waals surface area (Å²) < 4.78 is 5.48. The van der Waals surface area contributed by atoms with Crippen molar-refractivity contribution < 1.29 is 9.53 Å². The van der Waals surface area contributed by atoms with Crippen molar-refractivity contribution in [2.24, 2.45) is 5.92 Å². The molecule has 0 N–H and O–H groups in total. The molecule has 1 aromatic rings. The molecule has 1 aliphatic rings. The molecular formula is C14H18O2. The van der Waals surface area contributed by atoms with Crippen LogP contribution in [-0.2, 0) is 0 Å². The highest BCUT2D eigenvalue weighted by Crippen LogP contribution is 2.30. The van der Waals surface area contributed by atoms with E-state index in [2.05, 4.69) is 6.92 Å². The van der Waals surface area contributed by atoms with Crippen molar-refractivity contribution in [3.63, 3.8) is 0 Å². The fourth-order valence-electron chi connectivity index (χ4n) is 1.84. The van der Waals surface area contributed by atoms with Crippen LogP contribution >= 0.6 is 0 Å². The van der Waals surface area contributed by atoms with Gasteiger partial charge >= 0.3 is 0 Å². The minimum atomic E-state index is 0.280. The lowest BCUT2D eigenvalue weighted by molar-refractivity contribution is 0.0855. The Hall–Kier alpha value is -1.31. The van der Waals surface area contributed by atoms with Crippen LogP contribution in [0.3, 0.4) is 0 Å². The van der Waals surface area contributed by atoms with Gasteiger partial charge in [0.05, 0.1) is 6.61 Å². The van der Waals surface area contributed by atoms with E-state index in [9.17, 15) is 4.79 Å². The van der Waals surface area contributed by atoms with Crippen LogP contribution in [0, 0.1) is 5.92 Å². The SMILES string of the molecule is CCCOc1ccc(C(=O)C2CCC2)cc1. The van der Waals surface area contributed by atoms with Gasteiger partial charge in [-0.15, -0.1) is 0 Å².